The molecule has 1 aliphatic rings. The highest BCUT2D eigenvalue weighted by atomic mass is 19.4. The number of alkyl carbamates (subject to hydrolysis) is 1. The average molecular weight is 620 g/mol. The Morgan fingerprint density at radius 1 is 1.14 bits per heavy atom. The van der Waals surface area contributed by atoms with Gasteiger partial charge in [-0.05, 0) is 38.7 Å². The van der Waals surface area contributed by atoms with Crippen LogP contribution in [0.1, 0.15) is 68.3 Å². The molecule has 0 saturated heterocycles. The van der Waals surface area contributed by atoms with Crippen LogP contribution in [0, 0.1) is 5.92 Å². The number of aryl methyl sites for hydroxylation is 1. The lowest BCUT2D eigenvalue weighted by molar-refractivity contribution is -0.176. The fourth-order valence-corrected chi connectivity index (χ4v) is 4.31. The molecule has 2 aromatic rings. The third-order valence-corrected chi connectivity index (χ3v) is 6.55. The SMILES string of the molecule is CC(C)NC(=O)O[C@@H]1C[C@H](c2cc(NC(=O)c3cc(COCC(F)(F)F)nn3C)n(COC(=O)[C@@H](N)C(C)C)n2)C[C@@H]1F. The van der Waals surface area contributed by atoms with Crippen molar-refractivity contribution in [1.29, 1.82) is 0 Å². The van der Waals surface area contributed by atoms with Gasteiger partial charge in [-0.3, -0.25) is 14.3 Å². The molecule has 2 aromatic heterocycles. The standard InChI is InChI=1S/C26H37F4N7O6/c1-13(2)22(31)24(39)42-12-37-21(33-23(38)19-8-16(34-36(19)5)10-41-11-26(28,29)30)9-18(35-37)15-6-17(27)20(7-15)43-25(40)32-14(3)4/h8-9,13-15,17,20,22H,6-7,10-12,31H2,1-5H3,(H,32,40)(H,33,38)/t15-,17+,20-,22+/m1/s1. The first-order valence-corrected chi connectivity index (χ1v) is 13.6. The molecule has 0 unspecified atom stereocenters. The summed E-state index contributed by atoms with van der Waals surface area (Å²) in [5.41, 5.74) is 6.29. The van der Waals surface area contributed by atoms with Crippen molar-refractivity contribution in [2.45, 2.75) is 90.3 Å². The van der Waals surface area contributed by atoms with Crippen LogP contribution in [-0.4, -0.2) is 74.7 Å². The van der Waals surface area contributed by atoms with E-state index in [1.165, 1.54) is 28.5 Å². The average Bonchev–Trinajstić information content (AvgIpc) is 3.57. The zero-order chi connectivity index (χ0) is 32.1. The number of nitrogens with zero attached hydrogens (tertiary/aromatic N) is 4. The van der Waals surface area contributed by atoms with E-state index >= 15 is 0 Å². The number of anilines is 1. The number of carbonyl (C=O) groups excluding carboxylic acids is 3. The summed E-state index contributed by atoms with van der Waals surface area (Å²) in [4.78, 5) is 37.5. The van der Waals surface area contributed by atoms with Gasteiger partial charge in [-0.1, -0.05) is 13.8 Å². The Hall–Kier alpha value is -3.73. The molecule has 13 nitrogen and oxygen atoms in total. The summed E-state index contributed by atoms with van der Waals surface area (Å²) in [6.45, 7) is 4.59. The maximum absolute atomic E-state index is 14.8. The van der Waals surface area contributed by atoms with Crippen molar-refractivity contribution in [2.75, 3.05) is 11.9 Å². The number of esters is 1. The van der Waals surface area contributed by atoms with Crippen LogP contribution in [0.15, 0.2) is 12.1 Å². The zero-order valence-electron chi connectivity index (χ0n) is 24.5. The number of rotatable bonds is 12. The van der Waals surface area contributed by atoms with Crippen LogP contribution in [-0.2, 0) is 39.4 Å². The highest BCUT2D eigenvalue weighted by Crippen LogP contribution is 2.38. The fraction of sp³-hybridized carbons (Fsp3) is 0.654. The Balaban J connectivity index is 1.78. The van der Waals surface area contributed by atoms with Gasteiger partial charge in [0.2, 0.25) is 0 Å². The topological polar surface area (TPSA) is 165 Å². The molecule has 17 heteroatoms. The quantitative estimate of drug-likeness (QED) is 0.239. The minimum atomic E-state index is -4.51. The van der Waals surface area contributed by atoms with Gasteiger partial charge in [-0.2, -0.15) is 23.4 Å². The molecular formula is C26H37F4N7O6. The number of nitrogens with two attached hydrogens (primary N) is 1. The molecule has 240 valence electrons. The minimum Gasteiger partial charge on any atom is -0.443 e. The number of hydrogen-bond acceptors (Lipinski definition) is 9. The maximum atomic E-state index is 14.8. The van der Waals surface area contributed by atoms with Gasteiger partial charge in [0.15, 0.2) is 6.73 Å². The lowest BCUT2D eigenvalue weighted by Crippen LogP contribution is -2.37. The predicted octanol–water partition coefficient (Wildman–Crippen LogP) is 3.15. The number of ether oxygens (including phenoxy) is 3. The maximum Gasteiger partial charge on any atom is 0.411 e. The van der Waals surface area contributed by atoms with Crippen LogP contribution in [0.2, 0.25) is 0 Å². The van der Waals surface area contributed by atoms with Crippen LogP contribution in [0.3, 0.4) is 0 Å². The van der Waals surface area contributed by atoms with Crippen molar-refractivity contribution in [3.63, 3.8) is 0 Å². The number of carbonyl (C=O) groups is 3. The van der Waals surface area contributed by atoms with E-state index in [9.17, 15) is 31.9 Å². The second-order valence-corrected chi connectivity index (χ2v) is 10.9. The summed E-state index contributed by atoms with van der Waals surface area (Å²) in [6.07, 6.45) is -7.61. The van der Waals surface area contributed by atoms with E-state index in [1.54, 1.807) is 27.7 Å². The van der Waals surface area contributed by atoms with E-state index < -0.39 is 68.3 Å². The molecule has 43 heavy (non-hydrogen) atoms. The first-order valence-electron chi connectivity index (χ1n) is 13.6. The highest BCUT2D eigenvalue weighted by Gasteiger charge is 2.39. The molecule has 1 saturated carbocycles. The summed E-state index contributed by atoms with van der Waals surface area (Å²) in [5.74, 6) is -2.01. The molecule has 1 aliphatic carbocycles. The smallest absolute Gasteiger partial charge is 0.411 e. The molecule has 2 heterocycles. The number of nitrogens with one attached hydrogen (secondary N) is 2. The molecule has 0 radical (unpaired) electrons. The summed E-state index contributed by atoms with van der Waals surface area (Å²) in [6, 6.07) is 1.65. The first-order chi connectivity index (χ1) is 20.0. The molecule has 0 aliphatic heterocycles. The van der Waals surface area contributed by atoms with E-state index in [0.29, 0.717) is 5.69 Å². The molecule has 3 rings (SSSR count). The van der Waals surface area contributed by atoms with Gasteiger partial charge in [0, 0.05) is 25.1 Å². The van der Waals surface area contributed by atoms with Gasteiger partial charge in [-0.25, -0.2) is 13.9 Å². The molecule has 4 N–H and O–H groups in total. The largest absolute Gasteiger partial charge is 0.443 e. The fourth-order valence-electron chi connectivity index (χ4n) is 4.31. The molecule has 0 bridgehead atoms. The zero-order valence-corrected chi connectivity index (χ0v) is 24.5. The van der Waals surface area contributed by atoms with Crippen LogP contribution in [0.5, 0.6) is 0 Å². The monoisotopic (exact) mass is 619 g/mol. The third-order valence-electron chi connectivity index (χ3n) is 6.55. The molecule has 2 amide bonds. The van der Waals surface area contributed by atoms with Crippen molar-refractivity contribution in [3.8, 4) is 0 Å². The summed E-state index contributed by atoms with van der Waals surface area (Å²) < 4.78 is 69.5. The lowest BCUT2D eigenvalue weighted by atomic mass is 10.0. The van der Waals surface area contributed by atoms with E-state index in [1.807, 2.05) is 0 Å². The van der Waals surface area contributed by atoms with E-state index in [2.05, 4.69) is 25.6 Å². The normalized spacial score (nSPS) is 19.5. The number of amides is 2. The van der Waals surface area contributed by atoms with Gasteiger partial charge < -0.3 is 30.6 Å². The Labute approximate surface area is 245 Å². The second kappa shape index (κ2) is 14.2. The first kappa shape index (κ1) is 33.8. The van der Waals surface area contributed by atoms with Crippen molar-refractivity contribution in [1.82, 2.24) is 24.9 Å². The molecule has 1 fully saturated rings. The predicted molar refractivity (Wildman–Crippen MR) is 143 cm³/mol. The minimum absolute atomic E-state index is 0.00643. The molecule has 4 atom stereocenters. The Morgan fingerprint density at radius 2 is 1.84 bits per heavy atom. The number of halogens is 4. The van der Waals surface area contributed by atoms with E-state index in [4.69, 9.17) is 15.2 Å². The summed E-state index contributed by atoms with van der Waals surface area (Å²) in [5, 5.41) is 13.6. The van der Waals surface area contributed by atoms with Crippen LogP contribution < -0.4 is 16.4 Å². The number of aromatic nitrogens is 4. The van der Waals surface area contributed by atoms with Gasteiger partial charge in [0.1, 0.15) is 36.4 Å². The summed E-state index contributed by atoms with van der Waals surface area (Å²) >= 11 is 0. The van der Waals surface area contributed by atoms with Crippen molar-refractivity contribution >= 4 is 23.8 Å². The van der Waals surface area contributed by atoms with Crippen molar-refractivity contribution in [3.05, 3.63) is 29.2 Å². The van der Waals surface area contributed by atoms with E-state index in [0.717, 1.165) is 0 Å². The van der Waals surface area contributed by atoms with Gasteiger partial charge in [0.05, 0.1) is 18.0 Å². The molecular weight excluding hydrogens is 582 g/mol. The van der Waals surface area contributed by atoms with Gasteiger partial charge >= 0.3 is 18.2 Å². The highest BCUT2D eigenvalue weighted by molar-refractivity contribution is 6.02. The third kappa shape index (κ3) is 9.64. The van der Waals surface area contributed by atoms with Gasteiger partial charge in [-0.15, -0.1) is 0 Å². The molecule has 0 spiro atoms. The van der Waals surface area contributed by atoms with Crippen molar-refractivity contribution < 1.29 is 46.2 Å². The van der Waals surface area contributed by atoms with Crippen LogP contribution in [0.4, 0.5) is 28.2 Å². The summed E-state index contributed by atoms with van der Waals surface area (Å²) in [7, 11) is 1.43. The number of hydrogen-bond donors (Lipinski definition) is 3. The number of alkyl halides is 4. The molecule has 0 aromatic carbocycles. The second-order valence-electron chi connectivity index (χ2n) is 10.9. The Kier molecular flexibility index (Phi) is 11.1. The van der Waals surface area contributed by atoms with Crippen molar-refractivity contribution in [2.24, 2.45) is 18.7 Å². The van der Waals surface area contributed by atoms with Crippen LogP contribution in [0.25, 0.3) is 0 Å². The van der Waals surface area contributed by atoms with Gasteiger partial charge in [0.25, 0.3) is 5.91 Å². The van der Waals surface area contributed by atoms with Crippen LogP contribution >= 0.6 is 0 Å². The lowest BCUT2D eigenvalue weighted by Gasteiger charge is -2.16. The Morgan fingerprint density at radius 3 is 2.47 bits per heavy atom. The van der Waals surface area contributed by atoms with E-state index in [-0.39, 0.29) is 42.0 Å². The Bertz CT molecular complexity index is 1280.